The van der Waals surface area contributed by atoms with Gasteiger partial charge in [0, 0.05) is 23.5 Å². The highest BCUT2D eigenvalue weighted by molar-refractivity contribution is 5.83. The maximum atomic E-state index is 11.1. The molecule has 1 aliphatic heterocycles. The molecule has 33 heavy (non-hydrogen) atoms. The molecule has 1 saturated carbocycles. The van der Waals surface area contributed by atoms with Crippen molar-refractivity contribution in [2.75, 3.05) is 11.9 Å². The van der Waals surface area contributed by atoms with Crippen LogP contribution in [0.15, 0.2) is 42.9 Å². The molecule has 0 unspecified atom stereocenters. The van der Waals surface area contributed by atoms with E-state index in [1.807, 2.05) is 23.8 Å². The Morgan fingerprint density at radius 1 is 1.18 bits per heavy atom. The number of nitrogens with one attached hydrogen (secondary N) is 1. The summed E-state index contributed by atoms with van der Waals surface area (Å²) in [6.45, 7) is 5.00. The number of rotatable bonds is 4. The van der Waals surface area contributed by atoms with E-state index in [-0.39, 0.29) is 6.04 Å². The van der Waals surface area contributed by atoms with Gasteiger partial charge in [0.15, 0.2) is 0 Å². The minimum atomic E-state index is -0.840. The largest absolute Gasteiger partial charge is 0.390 e. The number of hydrogen-bond donors (Lipinski definition) is 3. The Labute approximate surface area is 192 Å². The summed E-state index contributed by atoms with van der Waals surface area (Å²) in [6.07, 6.45) is 5.20. The molecule has 7 heteroatoms. The molecule has 0 amide bonds. The molecule has 3 N–H and O–H groups in total. The Hall–Kier alpha value is -3.03. The van der Waals surface area contributed by atoms with Crippen LogP contribution in [0.1, 0.15) is 42.6 Å². The molecule has 2 aliphatic rings. The molecule has 170 valence electrons. The van der Waals surface area contributed by atoms with Gasteiger partial charge in [-0.3, -0.25) is 0 Å². The third kappa shape index (κ3) is 3.30. The summed E-state index contributed by atoms with van der Waals surface area (Å²) in [5.74, 6) is 1.00. The number of pyridine rings is 1. The van der Waals surface area contributed by atoms with E-state index in [1.165, 1.54) is 16.5 Å². The molecule has 4 aromatic rings. The van der Waals surface area contributed by atoms with Gasteiger partial charge in [0.25, 0.3) is 0 Å². The van der Waals surface area contributed by atoms with E-state index in [0.717, 1.165) is 53.9 Å². The second kappa shape index (κ2) is 7.50. The van der Waals surface area contributed by atoms with Gasteiger partial charge in [0.2, 0.25) is 0 Å². The Kier molecular flexibility index (Phi) is 4.67. The van der Waals surface area contributed by atoms with Gasteiger partial charge in [0.1, 0.15) is 23.9 Å². The number of aryl methyl sites for hydroxylation is 2. The highest BCUT2D eigenvalue weighted by atomic mass is 16.3. The average molecular weight is 444 g/mol. The fourth-order valence-corrected chi connectivity index (χ4v) is 5.72. The van der Waals surface area contributed by atoms with Crippen molar-refractivity contribution in [3.8, 4) is 0 Å². The number of nitrogens with zero attached hydrogens (tertiary/aromatic N) is 4. The van der Waals surface area contributed by atoms with E-state index in [4.69, 9.17) is 4.98 Å². The SMILES string of the molecule is Cc1ncnc2c1ccn2[C@@H]1C[C@](C)(CCc2ccc3cc4c(nc3c2)NCC4)[C@@H](O)[C@H]1O. The van der Waals surface area contributed by atoms with Gasteiger partial charge in [-0.1, -0.05) is 19.1 Å². The Morgan fingerprint density at radius 3 is 2.94 bits per heavy atom. The zero-order chi connectivity index (χ0) is 22.7. The third-order valence-corrected chi connectivity index (χ3v) is 7.81. The van der Waals surface area contributed by atoms with E-state index in [0.29, 0.717) is 6.42 Å². The fourth-order valence-electron chi connectivity index (χ4n) is 5.72. The molecule has 4 atom stereocenters. The van der Waals surface area contributed by atoms with Gasteiger partial charge < -0.3 is 20.1 Å². The van der Waals surface area contributed by atoms with Gasteiger partial charge in [-0.05, 0) is 67.3 Å². The van der Waals surface area contributed by atoms with E-state index < -0.39 is 17.6 Å². The first-order valence-electron chi connectivity index (χ1n) is 11.7. The summed E-state index contributed by atoms with van der Waals surface area (Å²) in [7, 11) is 0. The van der Waals surface area contributed by atoms with Gasteiger partial charge >= 0.3 is 0 Å². The van der Waals surface area contributed by atoms with E-state index in [9.17, 15) is 10.2 Å². The number of fused-ring (bicyclic) bond motifs is 3. The molecule has 1 fully saturated rings. The standard InChI is InChI=1S/C26H29N5O2/c1-15-19-7-10-31(25(19)29-14-28-15)21-13-26(2,23(33)22(21)32)8-5-16-3-4-17-12-18-6-9-27-24(18)30-20(17)11-16/h3-4,7,10-12,14,21-23,32-33H,5-6,8-9,13H2,1-2H3,(H,27,30)/t21-,22+,23+,26+/m1/s1. The molecule has 1 aromatic carbocycles. The normalized spacial score (nSPS) is 26.7. The van der Waals surface area contributed by atoms with Crippen LogP contribution in [0.25, 0.3) is 21.9 Å². The lowest BCUT2D eigenvalue weighted by molar-refractivity contribution is -0.0241. The Morgan fingerprint density at radius 2 is 2.06 bits per heavy atom. The number of aromatic nitrogens is 4. The fraction of sp³-hybridized carbons (Fsp3) is 0.423. The minimum absolute atomic E-state index is 0.219. The highest BCUT2D eigenvalue weighted by Crippen LogP contribution is 2.48. The monoisotopic (exact) mass is 443 g/mol. The lowest BCUT2D eigenvalue weighted by atomic mass is 9.80. The summed E-state index contributed by atoms with van der Waals surface area (Å²) < 4.78 is 2.01. The molecule has 3 aromatic heterocycles. The van der Waals surface area contributed by atoms with E-state index >= 15 is 0 Å². The Balaban J connectivity index is 1.24. The van der Waals surface area contributed by atoms with Crippen molar-refractivity contribution in [2.24, 2.45) is 5.41 Å². The molecule has 6 rings (SSSR count). The van der Waals surface area contributed by atoms with Crippen LogP contribution < -0.4 is 5.32 Å². The molecule has 0 bridgehead atoms. The van der Waals surface area contributed by atoms with Crippen molar-refractivity contribution in [2.45, 2.75) is 57.8 Å². The van der Waals surface area contributed by atoms with Crippen LogP contribution in [0.2, 0.25) is 0 Å². The first-order chi connectivity index (χ1) is 15.9. The van der Waals surface area contributed by atoms with Crippen molar-refractivity contribution < 1.29 is 10.2 Å². The molecule has 1 aliphatic carbocycles. The van der Waals surface area contributed by atoms with Gasteiger partial charge in [0.05, 0.1) is 23.4 Å². The molecule has 7 nitrogen and oxygen atoms in total. The van der Waals surface area contributed by atoms with Crippen molar-refractivity contribution in [3.63, 3.8) is 0 Å². The van der Waals surface area contributed by atoms with Crippen molar-refractivity contribution in [1.29, 1.82) is 0 Å². The highest BCUT2D eigenvalue weighted by Gasteiger charge is 2.50. The molecule has 4 heterocycles. The lowest BCUT2D eigenvalue weighted by Crippen LogP contribution is -2.35. The van der Waals surface area contributed by atoms with E-state index in [1.54, 1.807) is 6.33 Å². The molecule has 0 radical (unpaired) electrons. The first kappa shape index (κ1) is 20.6. The maximum Gasteiger partial charge on any atom is 0.143 e. The van der Waals surface area contributed by atoms with Crippen molar-refractivity contribution in [1.82, 2.24) is 19.5 Å². The molecule has 0 saturated heterocycles. The van der Waals surface area contributed by atoms with Crippen molar-refractivity contribution in [3.05, 3.63) is 59.7 Å². The molecule has 0 spiro atoms. The van der Waals surface area contributed by atoms with Crippen LogP contribution in [-0.4, -0.2) is 48.5 Å². The lowest BCUT2D eigenvalue weighted by Gasteiger charge is -2.28. The molecular formula is C26H29N5O2. The number of aliphatic hydroxyl groups excluding tert-OH is 2. The number of hydrogen-bond acceptors (Lipinski definition) is 6. The minimum Gasteiger partial charge on any atom is -0.390 e. The van der Waals surface area contributed by atoms with Crippen LogP contribution >= 0.6 is 0 Å². The van der Waals surface area contributed by atoms with E-state index in [2.05, 4.69) is 46.5 Å². The maximum absolute atomic E-state index is 11.1. The predicted octanol–water partition coefficient (Wildman–Crippen LogP) is 3.56. The number of anilines is 1. The summed E-state index contributed by atoms with van der Waals surface area (Å²) in [4.78, 5) is 13.5. The zero-order valence-electron chi connectivity index (χ0n) is 19.0. The first-order valence-corrected chi connectivity index (χ1v) is 11.7. The average Bonchev–Trinajstić information content (AvgIpc) is 3.50. The smallest absolute Gasteiger partial charge is 0.143 e. The third-order valence-electron chi connectivity index (χ3n) is 7.81. The van der Waals surface area contributed by atoms with Gasteiger partial charge in [-0.2, -0.15) is 0 Å². The summed E-state index contributed by atoms with van der Waals surface area (Å²) >= 11 is 0. The summed E-state index contributed by atoms with van der Waals surface area (Å²) in [5, 5.41) is 27.5. The van der Waals surface area contributed by atoms with Crippen LogP contribution in [0, 0.1) is 12.3 Å². The van der Waals surface area contributed by atoms with Crippen LogP contribution in [0.5, 0.6) is 0 Å². The van der Waals surface area contributed by atoms with Gasteiger partial charge in [-0.25, -0.2) is 15.0 Å². The quantitative estimate of drug-likeness (QED) is 0.446. The number of aliphatic hydroxyl groups is 2. The van der Waals surface area contributed by atoms with Gasteiger partial charge in [-0.15, -0.1) is 0 Å². The van der Waals surface area contributed by atoms with Crippen LogP contribution in [0.4, 0.5) is 5.82 Å². The second-order valence-corrected chi connectivity index (χ2v) is 9.98. The second-order valence-electron chi connectivity index (χ2n) is 9.98. The van der Waals surface area contributed by atoms with Crippen LogP contribution in [0.3, 0.4) is 0 Å². The topological polar surface area (TPSA) is 96.1 Å². The summed E-state index contributed by atoms with van der Waals surface area (Å²) in [5.41, 5.74) is 4.82. The number of benzene rings is 1. The molecular weight excluding hydrogens is 414 g/mol. The Bertz CT molecular complexity index is 1370. The van der Waals surface area contributed by atoms with Crippen molar-refractivity contribution >= 4 is 27.8 Å². The zero-order valence-corrected chi connectivity index (χ0v) is 19.0. The summed E-state index contributed by atoms with van der Waals surface area (Å²) in [6, 6.07) is 10.5. The predicted molar refractivity (Wildman–Crippen MR) is 128 cm³/mol. The van der Waals surface area contributed by atoms with Crippen LogP contribution in [-0.2, 0) is 12.8 Å².